The van der Waals surface area contributed by atoms with Gasteiger partial charge in [0.1, 0.15) is 9.84 Å². The zero-order valence-electron chi connectivity index (χ0n) is 11.1. The van der Waals surface area contributed by atoms with E-state index in [1.54, 1.807) is 6.20 Å². The molecule has 1 N–H and O–H groups in total. The van der Waals surface area contributed by atoms with Crippen molar-refractivity contribution in [3.05, 3.63) is 30.1 Å². The minimum atomic E-state index is -2.90. The SMILES string of the molecule is CCCNC(CCS(C)(=O)=O)Cc1ccccn1. The van der Waals surface area contributed by atoms with Crippen molar-refractivity contribution in [1.82, 2.24) is 10.3 Å². The molecule has 0 amide bonds. The van der Waals surface area contributed by atoms with E-state index in [0.29, 0.717) is 6.42 Å². The fourth-order valence-corrected chi connectivity index (χ4v) is 2.47. The lowest BCUT2D eigenvalue weighted by molar-refractivity contribution is 0.488. The summed E-state index contributed by atoms with van der Waals surface area (Å²) < 4.78 is 22.4. The highest BCUT2D eigenvalue weighted by molar-refractivity contribution is 7.90. The standard InChI is InChI=1S/C13H22N2O2S/c1-3-8-14-13(7-10-18(2,16)17)11-12-6-4-5-9-15-12/h4-6,9,13-14H,3,7-8,10-11H2,1-2H3. The van der Waals surface area contributed by atoms with Gasteiger partial charge in [-0.3, -0.25) is 4.98 Å². The number of rotatable bonds is 8. The molecule has 0 radical (unpaired) electrons. The highest BCUT2D eigenvalue weighted by Gasteiger charge is 2.12. The molecule has 4 nitrogen and oxygen atoms in total. The van der Waals surface area contributed by atoms with Crippen LogP contribution in [-0.4, -0.2) is 38.0 Å². The summed E-state index contributed by atoms with van der Waals surface area (Å²) in [4.78, 5) is 4.28. The lowest BCUT2D eigenvalue weighted by atomic mass is 10.1. The van der Waals surface area contributed by atoms with Crippen LogP contribution in [0, 0.1) is 0 Å². The van der Waals surface area contributed by atoms with E-state index in [0.717, 1.165) is 25.1 Å². The van der Waals surface area contributed by atoms with Crippen molar-refractivity contribution in [2.45, 2.75) is 32.2 Å². The number of nitrogens with one attached hydrogen (secondary N) is 1. The van der Waals surface area contributed by atoms with Gasteiger partial charge in [-0.15, -0.1) is 0 Å². The van der Waals surface area contributed by atoms with Gasteiger partial charge in [0.25, 0.3) is 0 Å². The molecule has 102 valence electrons. The molecule has 0 aliphatic rings. The lowest BCUT2D eigenvalue weighted by Crippen LogP contribution is -2.33. The van der Waals surface area contributed by atoms with Crippen molar-refractivity contribution in [2.24, 2.45) is 0 Å². The second-order valence-corrected chi connectivity index (χ2v) is 6.85. The van der Waals surface area contributed by atoms with E-state index < -0.39 is 9.84 Å². The van der Waals surface area contributed by atoms with Crippen LogP contribution in [-0.2, 0) is 16.3 Å². The van der Waals surface area contributed by atoms with Gasteiger partial charge < -0.3 is 5.32 Å². The number of sulfone groups is 1. The second-order valence-electron chi connectivity index (χ2n) is 4.59. The number of pyridine rings is 1. The van der Waals surface area contributed by atoms with Gasteiger partial charge in [0.15, 0.2) is 0 Å². The molecular formula is C13H22N2O2S. The molecule has 0 aliphatic carbocycles. The highest BCUT2D eigenvalue weighted by atomic mass is 32.2. The summed E-state index contributed by atoms with van der Waals surface area (Å²) in [5.41, 5.74) is 1.000. The molecule has 0 aliphatic heterocycles. The Bertz CT molecular complexity index is 432. The molecule has 18 heavy (non-hydrogen) atoms. The molecular weight excluding hydrogens is 248 g/mol. The maximum atomic E-state index is 11.2. The predicted octanol–water partition coefficient (Wildman–Crippen LogP) is 1.43. The number of aromatic nitrogens is 1. The Morgan fingerprint density at radius 2 is 2.17 bits per heavy atom. The van der Waals surface area contributed by atoms with Crippen LogP contribution in [0.3, 0.4) is 0 Å². The van der Waals surface area contributed by atoms with Crippen LogP contribution < -0.4 is 5.32 Å². The van der Waals surface area contributed by atoms with Crippen molar-refractivity contribution in [1.29, 1.82) is 0 Å². The Hall–Kier alpha value is -0.940. The Kier molecular flexibility index (Phi) is 6.29. The number of hydrogen-bond acceptors (Lipinski definition) is 4. The molecule has 1 aromatic rings. The van der Waals surface area contributed by atoms with Gasteiger partial charge >= 0.3 is 0 Å². The molecule has 5 heteroatoms. The van der Waals surface area contributed by atoms with Gasteiger partial charge in [-0.2, -0.15) is 0 Å². The molecule has 1 aromatic heterocycles. The van der Waals surface area contributed by atoms with Crippen LogP contribution in [0.1, 0.15) is 25.5 Å². The summed E-state index contributed by atoms with van der Waals surface area (Å²) in [7, 11) is -2.90. The van der Waals surface area contributed by atoms with Crippen LogP contribution in [0.15, 0.2) is 24.4 Å². The van der Waals surface area contributed by atoms with Crippen molar-refractivity contribution in [2.75, 3.05) is 18.6 Å². The summed E-state index contributed by atoms with van der Waals surface area (Å²) in [5.74, 6) is 0.223. The quantitative estimate of drug-likeness (QED) is 0.776. The largest absolute Gasteiger partial charge is 0.314 e. The van der Waals surface area contributed by atoms with Crippen LogP contribution >= 0.6 is 0 Å². The van der Waals surface area contributed by atoms with Gasteiger partial charge in [-0.1, -0.05) is 13.0 Å². The normalized spacial score (nSPS) is 13.4. The van der Waals surface area contributed by atoms with E-state index in [1.807, 2.05) is 18.2 Å². The van der Waals surface area contributed by atoms with Gasteiger partial charge in [0, 0.05) is 30.6 Å². The van der Waals surface area contributed by atoms with Crippen LogP contribution in [0.2, 0.25) is 0 Å². The summed E-state index contributed by atoms with van der Waals surface area (Å²) in [6.45, 7) is 3.00. The zero-order chi connectivity index (χ0) is 13.4. The topological polar surface area (TPSA) is 59.1 Å². The monoisotopic (exact) mass is 270 g/mol. The Balaban J connectivity index is 2.55. The number of hydrogen-bond donors (Lipinski definition) is 1. The molecule has 1 rings (SSSR count). The zero-order valence-corrected chi connectivity index (χ0v) is 11.9. The summed E-state index contributed by atoms with van der Waals surface area (Å²) in [6, 6.07) is 5.99. The average molecular weight is 270 g/mol. The van der Waals surface area contributed by atoms with E-state index >= 15 is 0 Å². The average Bonchev–Trinajstić information content (AvgIpc) is 2.33. The molecule has 1 unspecified atom stereocenters. The fraction of sp³-hybridized carbons (Fsp3) is 0.615. The minimum Gasteiger partial charge on any atom is -0.314 e. The van der Waals surface area contributed by atoms with Crippen molar-refractivity contribution in [3.63, 3.8) is 0 Å². The van der Waals surface area contributed by atoms with E-state index in [4.69, 9.17) is 0 Å². The molecule has 0 saturated carbocycles. The third-order valence-corrected chi connectivity index (χ3v) is 3.68. The molecule has 0 spiro atoms. The summed E-state index contributed by atoms with van der Waals surface area (Å²) >= 11 is 0. The Morgan fingerprint density at radius 1 is 1.39 bits per heavy atom. The van der Waals surface area contributed by atoms with E-state index in [9.17, 15) is 8.42 Å². The highest BCUT2D eigenvalue weighted by Crippen LogP contribution is 2.05. The predicted molar refractivity (Wildman–Crippen MR) is 74.4 cm³/mol. The fourth-order valence-electron chi connectivity index (χ4n) is 1.75. The van der Waals surface area contributed by atoms with Crippen molar-refractivity contribution >= 4 is 9.84 Å². The maximum absolute atomic E-state index is 11.2. The van der Waals surface area contributed by atoms with Gasteiger partial charge in [0.2, 0.25) is 0 Å². The van der Waals surface area contributed by atoms with E-state index in [2.05, 4.69) is 17.2 Å². The minimum absolute atomic E-state index is 0.176. The van der Waals surface area contributed by atoms with Gasteiger partial charge in [-0.05, 0) is 31.5 Å². The molecule has 0 saturated heterocycles. The molecule has 0 aromatic carbocycles. The first-order valence-electron chi connectivity index (χ1n) is 6.32. The Labute approximate surface area is 110 Å². The van der Waals surface area contributed by atoms with Crippen LogP contribution in [0.4, 0.5) is 0 Å². The van der Waals surface area contributed by atoms with Crippen molar-refractivity contribution in [3.8, 4) is 0 Å². The maximum Gasteiger partial charge on any atom is 0.147 e. The molecule has 1 atom stereocenters. The molecule has 0 bridgehead atoms. The van der Waals surface area contributed by atoms with Gasteiger partial charge in [-0.25, -0.2) is 8.42 Å². The molecule has 1 heterocycles. The smallest absolute Gasteiger partial charge is 0.147 e. The first-order chi connectivity index (χ1) is 8.51. The first kappa shape index (κ1) is 15.1. The van der Waals surface area contributed by atoms with Gasteiger partial charge in [0.05, 0.1) is 5.75 Å². The summed E-state index contributed by atoms with van der Waals surface area (Å²) in [6.07, 6.45) is 5.50. The van der Waals surface area contributed by atoms with E-state index in [-0.39, 0.29) is 11.8 Å². The lowest BCUT2D eigenvalue weighted by Gasteiger charge is -2.17. The second kappa shape index (κ2) is 7.48. The summed E-state index contributed by atoms with van der Waals surface area (Å²) in [5, 5.41) is 3.39. The molecule has 0 fully saturated rings. The van der Waals surface area contributed by atoms with Crippen molar-refractivity contribution < 1.29 is 8.42 Å². The Morgan fingerprint density at radius 3 is 2.72 bits per heavy atom. The third kappa shape index (κ3) is 6.71. The van der Waals surface area contributed by atoms with Crippen LogP contribution in [0.25, 0.3) is 0 Å². The number of nitrogens with zero attached hydrogens (tertiary/aromatic N) is 1. The third-order valence-electron chi connectivity index (χ3n) is 2.70. The first-order valence-corrected chi connectivity index (χ1v) is 8.38. The van der Waals surface area contributed by atoms with E-state index in [1.165, 1.54) is 6.26 Å². The van der Waals surface area contributed by atoms with Crippen LogP contribution in [0.5, 0.6) is 0 Å².